The van der Waals surface area contributed by atoms with E-state index in [9.17, 15) is 0 Å². The average molecular weight is 387 g/mol. The Morgan fingerprint density at radius 2 is 1.89 bits per heavy atom. The second-order valence-corrected chi connectivity index (χ2v) is 5.96. The first-order valence-corrected chi connectivity index (χ1v) is 7.61. The third-order valence-corrected chi connectivity index (χ3v) is 4.37. The largest absolute Gasteiger partial charge is 0.271 e. The molecule has 0 amide bonds. The summed E-state index contributed by atoms with van der Waals surface area (Å²) in [4.78, 5) is 0. The van der Waals surface area contributed by atoms with Crippen LogP contribution >= 0.6 is 34.2 Å². The monoisotopic (exact) mass is 386 g/mol. The molecule has 0 aliphatic heterocycles. The van der Waals surface area contributed by atoms with Gasteiger partial charge in [0.05, 0.1) is 6.04 Å². The zero-order valence-electron chi connectivity index (χ0n) is 10.7. The topological polar surface area (TPSA) is 38.0 Å². The lowest BCUT2D eigenvalue weighted by atomic mass is 9.98. The summed E-state index contributed by atoms with van der Waals surface area (Å²) in [6.07, 6.45) is 1.04. The van der Waals surface area contributed by atoms with Crippen LogP contribution in [-0.2, 0) is 6.42 Å². The van der Waals surface area contributed by atoms with Gasteiger partial charge in [-0.3, -0.25) is 5.84 Å². The van der Waals surface area contributed by atoms with Crippen molar-refractivity contribution < 1.29 is 0 Å². The zero-order chi connectivity index (χ0) is 13.8. The van der Waals surface area contributed by atoms with Crippen LogP contribution in [-0.4, -0.2) is 0 Å². The zero-order valence-corrected chi connectivity index (χ0v) is 13.6. The fourth-order valence-electron chi connectivity index (χ4n) is 2.05. The second kappa shape index (κ2) is 6.70. The molecule has 100 valence electrons. The molecule has 0 heterocycles. The first-order chi connectivity index (χ1) is 9.15. The average Bonchev–Trinajstić information content (AvgIpc) is 2.44. The Kier molecular flexibility index (Phi) is 5.21. The number of hydrogen-bond acceptors (Lipinski definition) is 2. The van der Waals surface area contributed by atoms with E-state index in [4.69, 9.17) is 17.4 Å². The van der Waals surface area contributed by atoms with E-state index in [-0.39, 0.29) is 6.04 Å². The summed E-state index contributed by atoms with van der Waals surface area (Å²) in [7, 11) is 0. The minimum Gasteiger partial charge on any atom is -0.271 e. The van der Waals surface area contributed by atoms with Gasteiger partial charge >= 0.3 is 0 Å². The van der Waals surface area contributed by atoms with Gasteiger partial charge < -0.3 is 0 Å². The molecule has 2 aromatic rings. The van der Waals surface area contributed by atoms with Crippen molar-refractivity contribution in [3.63, 3.8) is 0 Å². The van der Waals surface area contributed by atoms with Gasteiger partial charge in [0.2, 0.25) is 0 Å². The van der Waals surface area contributed by atoms with Gasteiger partial charge in [-0.05, 0) is 63.9 Å². The number of hydrazine groups is 1. The lowest BCUT2D eigenvalue weighted by Gasteiger charge is -2.19. The summed E-state index contributed by atoms with van der Waals surface area (Å²) < 4.78 is 1.14. The van der Waals surface area contributed by atoms with Crippen LogP contribution in [0.15, 0.2) is 42.5 Å². The highest BCUT2D eigenvalue weighted by molar-refractivity contribution is 14.1. The van der Waals surface area contributed by atoms with Crippen molar-refractivity contribution in [2.75, 3.05) is 0 Å². The molecule has 0 radical (unpaired) electrons. The third kappa shape index (κ3) is 3.48. The van der Waals surface area contributed by atoms with E-state index in [0.29, 0.717) is 0 Å². The highest BCUT2D eigenvalue weighted by Gasteiger charge is 2.15. The number of nitrogens with two attached hydrogens (primary N) is 1. The Morgan fingerprint density at radius 3 is 2.47 bits per heavy atom. The van der Waals surface area contributed by atoms with Crippen molar-refractivity contribution in [3.8, 4) is 0 Å². The van der Waals surface area contributed by atoms with Crippen LogP contribution in [0, 0.1) is 3.57 Å². The maximum Gasteiger partial charge on any atom is 0.0720 e. The molecule has 0 fully saturated rings. The lowest BCUT2D eigenvalue weighted by molar-refractivity contribution is 0.634. The Morgan fingerprint density at radius 1 is 1.21 bits per heavy atom. The predicted octanol–water partition coefficient (Wildman–Crippen LogP) is 4.06. The first-order valence-electron chi connectivity index (χ1n) is 6.15. The second-order valence-electron chi connectivity index (χ2n) is 4.36. The molecule has 0 saturated heterocycles. The summed E-state index contributed by atoms with van der Waals surface area (Å²) in [6, 6.07) is 14.3. The summed E-state index contributed by atoms with van der Waals surface area (Å²) in [5.74, 6) is 5.73. The van der Waals surface area contributed by atoms with Gasteiger partial charge in [0.1, 0.15) is 0 Å². The van der Waals surface area contributed by atoms with E-state index >= 15 is 0 Å². The van der Waals surface area contributed by atoms with Gasteiger partial charge in [0, 0.05) is 8.59 Å². The molecule has 1 atom stereocenters. The number of benzene rings is 2. The molecule has 0 bridgehead atoms. The third-order valence-electron chi connectivity index (χ3n) is 3.16. The fourth-order valence-corrected chi connectivity index (χ4v) is 2.87. The molecular formula is C15H16ClIN2. The molecule has 0 spiro atoms. The predicted molar refractivity (Wildman–Crippen MR) is 89.2 cm³/mol. The van der Waals surface area contributed by atoms with Crippen molar-refractivity contribution in [3.05, 3.63) is 67.7 Å². The van der Waals surface area contributed by atoms with Crippen LogP contribution in [0.4, 0.5) is 0 Å². The molecule has 0 aromatic heterocycles. The minimum atomic E-state index is -0.0449. The standard InChI is InChI=1S/C15H16ClIN2/c1-2-10-3-5-11(6-4-10)15(19-18)13-9-12(16)7-8-14(13)17/h3-9,15,19H,2,18H2,1H3. The quantitative estimate of drug-likeness (QED) is 0.472. The van der Waals surface area contributed by atoms with Gasteiger partial charge in [0.15, 0.2) is 0 Å². The minimum absolute atomic E-state index is 0.0449. The van der Waals surface area contributed by atoms with Crippen LogP contribution in [0.25, 0.3) is 0 Å². The Balaban J connectivity index is 2.40. The maximum absolute atomic E-state index is 6.08. The van der Waals surface area contributed by atoms with E-state index in [0.717, 1.165) is 26.1 Å². The normalized spacial score (nSPS) is 12.4. The van der Waals surface area contributed by atoms with Gasteiger partial charge in [0.25, 0.3) is 0 Å². The summed E-state index contributed by atoms with van der Waals surface area (Å²) in [5.41, 5.74) is 6.43. The van der Waals surface area contributed by atoms with E-state index < -0.39 is 0 Å². The van der Waals surface area contributed by atoms with Gasteiger partial charge in [-0.2, -0.15) is 0 Å². The van der Waals surface area contributed by atoms with Gasteiger partial charge in [-0.25, -0.2) is 5.43 Å². The number of nitrogens with one attached hydrogen (secondary N) is 1. The maximum atomic E-state index is 6.08. The molecule has 19 heavy (non-hydrogen) atoms. The highest BCUT2D eigenvalue weighted by Crippen LogP contribution is 2.28. The van der Waals surface area contributed by atoms with Crippen LogP contribution < -0.4 is 11.3 Å². The summed E-state index contributed by atoms with van der Waals surface area (Å²) in [5, 5.41) is 0.723. The molecule has 3 N–H and O–H groups in total. The van der Waals surface area contributed by atoms with Crippen molar-refractivity contribution >= 4 is 34.2 Å². The van der Waals surface area contributed by atoms with Crippen LogP contribution in [0.2, 0.25) is 5.02 Å². The van der Waals surface area contributed by atoms with Crippen molar-refractivity contribution in [2.24, 2.45) is 5.84 Å². The molecule has 2 rings (SSSR count). The van der Waals surface area contributed by atoms with Crippen molar-refractivity contribution in [1.29, 1.82) is 0 Å². The Hall–Kier alpha value is -0.620. The van der Waals surface area contributed by atoms with E-state index in [1.165, 1.54) is 5.56 Å². The molecule has 4 heteroatoms. The molecular weight excluding hydrogens is 371 g/mol. The lowest BCUT2D eigenvalue weighted by Crippen LogP contribution is -2.29. The highest BCUT2D eigenvalue weighted by atomic mass is 127. The number of rotatable bonds is 4. The molecule has 2 nitrogen and oxygen atoms in total. The SMILES string of the molecule is CCc1ccc(C(NN)c2cc(Cl)ccc2I)cc1. The van der Waals surface area contributed by atoms with E-state index in [1.807, 2.05) is 18.2 Å². The molecule has 0 aliphatic rings. The first kappa shape index (κ1) is 14.8. The number of aryl methyl sites for hydroxylation is 1. The number of hydrogen-bond donors (Lipinski definition) is 2. The summed E-state index contributed by atoms with van der Waals surface area (Å²) in [6.45, 7) is 2.15. The van der Waals surface area contributed by atoms with Crippen molar-refractivity contribution in [1.82, 2.24) is 5.43 Å². The Bertz CT molecular complexity index is 555. The fraction of sp³-hybridized carbons (Fsp3) is 0.200. The van der Waals surface area contributed by atoms with Crippen molar-refractivity contribution in [2.45, 2.75) is 19.4 Å². The smallest absolute Gasteiger partial charge is 0.0720 e. The van der Waals surface area contributed by atoms with E-state index in [2.05, 4.69) is 59.2 Å². The van der Waals surface area contributed by atoms with Crippen LogP contribution in [0.1, 0.15) is 29.7 Å². The molecule has 2 aromatic carbocycles. The van der Waals surface area contributed by atoms with Gasteiger partial charge in [-0.1, -0.05) is 42.8 Å². The summed E-state index contributed by atoms with van der Waals surface area (Å²) >= 11 is 8.38. The van der Waals surface area contributed by atoms with E-state index in [1.54, 1.807) is 0 Å². The number of halogens is 2. The molecule has 0 saturated carbocycles. The van der Waals surface area contributed by atoms with Crippen LogP contribution in [0.5, 0.6) is 0 Å². The molecule has 1 unspecified atom stereocenters. The Labute approximate surface area is 132 Å². The molecule has 0 aliphatic carbocycles. The van der Waals surface area contributed by atoms with Gasteiger partial charge in [-0.15, -0.1) is 0 Å². The van der Waals surface area contributed by atoms with Crippen LogP contribution in [0.3, 0.4) is 0 Å².